The average molecular weight is 419 g/mol. The van der Waals surface area contributed by atoms with Gasteiger partial charge in [-0.05, 0) is 57.5 Å². The van der Waals surface area contributed by atoms with Crippen LogP contribution in [0.3, 0.4) is 0 Å². The molecule has 0 bridgehead atoms. The number of carbonyl (C=O) groups is 1. The van der Waals surface area contributed by atoms with Gasteiger partial charge in [-0.3, -0.25) is 9.36 Å². The fourth-order valence-corrected chi connectivity index (χ4v) is 4.58. The number of hydrogen-bond acceptors (Lipinski definition) is 6. The van der Waals surface area contributed by atoms with Crippen LogP contribution in [0.25, 0.3) is 5.13 Å². The first-order chi connectivity index (χ1) is 14.2. The van der Waals surface area contributed by atoms with Gasteiger partial charge in [-0.2, -0.15) is 0 Å². The van der Waals surface area contributed by atoms with E-state index >= 15 is 0 Å². The summed E-state index contributed by atoms with van der Waals surface area (Å²) in [6.07, 6.45) is 9.39. The highest BCUT2D eigenvalue weighted by molar-refractivity contribution is 7.17. The second-order valence-electron chi connectivity index (χ2n) is 7.68. The fourth-order valence-electron chi connectivity index (χ4n) is 3.74. The minimum atomic E-state index is 0.0325. The molecule has 1 N–H and O–H groups in total. The van der Waals surface area contributed by atoms with Crippen molar-refractivity contribution in [2.75, 3.05) is 44.2 Å². The van der Waals surface area contributed by atoms with Crippen molar-refractivity contribution in [3.63, 3.8) is 0 Å². The van der Waals surface area contributed by atoms with Gasteiger partial charge in [0.05, 0.1) is 5.92 Å². The summed E-state index contributed by atoms with van der Waals surface area (Å²) in [7, 11) is 0. The first kappa shape index (κ1) is 21.8. The predicted molar refractivity (Wildman–Crippen MR) is 119 cm³/mol. The summed E-state index contributed by atoms with van der Waals surface area (Å²) in [6, 6.07) is 3.96. The van der Waals surface area contributed by atoms with Crippen LogP contribution in [0.5, 0.6) is 0 Å². The summed E-state index contributed by atoms with van der Waals surface area (Å²) in [4.78, 5) is 17.3. The molecule has 1 aliphatic rings. The van der Waals surface area contributed by atoms with Gasteiger partial charge in [-0.15, -0.1) is 10.2 Å². The van der Waals surface area contributed by atoms with Crippen LogP contribution >= 0.6 is 11.3 Å². The summed E-state index contributed by atoms with van der Waals surface area (Å²) in [6.45, 7) is 10.2. The van der Waals surface area contributed by atoms with Crippen molar-refractivity contribution in [2.24, 2.45) is 5.92 Å². The molecule has 2 aromatic heterocycles. The second-order valence-corrected chi connectivity index (χ2v) is 8.61. The normalized spacial score (nSPS) is 17.1. The second kappa shape index (κ2) is 11.3. The van der Waals surface area contributed by atoms with Crippen molar-refractivity contribution in [3.8, 4) is 5.13 Å². The van der Waals surface area contributed by atoms with Gasteiger partial charge in [0.15, 0.2) is 0 Å². The van der Waals surface area contributed by atoms with Crippen LogP contribution in [0.4, 0.5) is 5.13 Å². The third-order valence-electron chi connectivity index (χ3n) is 5.52. The quantitative estimate of drug-likeness (QED) is 0.568. The van der Waals surface area contributed by atoms with E-state index in [1.165, 1.54) is 12.8 Å². The van der Waals surface area contributed by atoms with E-state index in [2.05, 4.69) is 39.2 Å². The van der Waals surface area contributed by atoms with Crippen molar-refractivity contribution >= 4 is 22.4 Å². The molecule has 3 heterocycles. The minimum Gasteiger partial charge on any atom is -0.356 e. The number of amides is 1. The minimum absolute atomic E-state index is 0.0325. The molecule has 8 heteroatoms. The van der Waals surface area contributed by atoms with Crippen LogP contribution in [0, 0.1) is 5.92 Å². The summed E-state index contributed by atoms with van der Waals surface area (Å²) in [5, 5.41) is 13.6. The third-order valence-corrected chi connectivity index (χ3v) is 6.51. The zero-order chi connectivity index (χ0) is 20.5. The van der Waals surface area contributed by atoms with Crippen LogP contribution in [0.2, 0.25) is 0 Å². The predicted octanol–water partition coefficient (Wildman–Crippen LogP) is 3.17. The largest absolute Gasteiger partial charge is 0.356 e. The number of carbonyl (C=O) groups excluding carboxylic acids is 1. The Kier molecular flexibility index (Phi) is 8.49. The maximum Gasteiger partial charge on any atom is 0.224 e. The maximum absolute atomic E-state index is 12.7. The average Bonchev–Trinajstić information content (AvgIpc) is 3.45. The molecule has 0 saturated carbocycles. The number of piperidine rings is 1. The number of unbranched alkanes of at least 4 members (excludes halogenated alkanes) is 1. The van der Waals surface area contributed by atoms with E-state index in [4.69, 9.17) is 0 Å². The molecule has 3 rings (SSSR count). The highest BCUT2D eigenvalue weighted by atomic mass is 32.1. The number of anilines is 1. The Hall–Kier alpha value is -1.93. The summed E-state index contributed by atoms with van der Waals surface area (Å²) in [5.74, 6) is 0.214. The number of rotatable bonds is 11. The molecule has 29 heavy (non-hydrogen) atoms. The van der Waals surface area contributed by atoms with Gasteiger partial charge in [-0.25, -0.2) is 0 Å². The molecule has 1 saturated heterocycles. The van der Waals surface area contributed by atoms with Crippen LogP contribution in [0.1, 0.15) is 46.0 Å². The number of hydrogen-bond donors (Lipinski definition) is 1. The Bertz CT molecular complexity index is 731. The van der Waals surface area contributed by atoms with Crippen molar-refractivity contribution in [1.29, 1.82) is 0 Å². The highest BCUT2D eigenvalue weighted by Gasteiger charge is 2.27. The van der Waals surface area contributed by atoms with Gasteiger partial charge in [-0.1, -0.05) is 31.6 Å². The van der Waals surface area contributed by atoms with E-state index in [9.17, 15) is 4.79 Å². The zero-order valence-corrected chi connectivity index (χ0v) is 18.5. The summed E-state index contributed by atoms with van der Waals surface area (Å²) in [5.41, 5.74) is 0. The van der Waals surface area contributed by atoms with Crippen molar-refractivity contribution in [3.05, 3.63) is 24.5 Å². The lowest BCUT2D eigenvalue weighted by atomic mass is 9.97. The Morgan fingerprint density at radius 3 is 2.72 bits per heavy atom. The molecular weight excluding hydrogens is 384 g/mol. The molecule has 1 atom stereocenters. The van der Waals surface area contributed by atoms with Gasteiger partial charge < -0.3 is 15.1 Å². The Labute approximate surface area is 178 Å². The van der Waals surface area contributed by atoms with Crippen LogP contribution in [0.15, 0.2) is 24.5 Å². The lowest BCUT2D eigenvalue weighted by molar-refractivity contribution is -0.125. The molecule has 1 aliphatic heterocycles. The van der Waals surface area contributed by atoms with Crippen LogP contribution < -0.4 is 10.2 Å². The third kappa shape index (κ3) is 6.27. The van der Waals surface area contributed by atoms with Crippen molar-refractivity contribution in [1.82, 2.24) is 25.0 Å². The molecule has 0 unspecified atom stereocenters. The smallest absolute Gasteiger partial charge is 0.224 e. The first-order valence-corrected chi connectivity index (χ1v) is 11.7. The van der Waals surface area contributed by atoms with E-state index in [1.54, 1.807) is 11.3 Å². The van der Waals surface area contributed by atoms with Gasteiger partial charge in [0.1, 0.15) is 0 Å². The highest BCUT2D eigenvalue weighted by Crippen LogP contribution is 2.27. The topological polar surface area (TPSA) is 66.3 Å². The van der Waals surface area contributed by atoms with E-state index in [1.807, 2.05) is 29.1 Å². The van der Waals surface area contributed by atoms with E-state index in [-0.39, 0.29) is 11.8 Å². The molecule has 0 spiro atoms. The number of nitrogens with zero attached hydrogens (tertiary/aromatic N) is 5. The Balaban J connectivity index is 1.43. The van der Waals surface area contributed by atoms with E-state index in [0.29, 0.717) is 0 Å². The Morgan fingerprint density at radius 2 is 1.97 bits per heavy atom. The molecule has 2 aromatic rings. The molecular formula is C21H34N6OS. The SMILES string of the molecule is CCCCN(CC)CCCNC(=O)[C@H]1CCCN(c2nnc(-n3cccc3)s2)C1. The lowest BCUT2D eigenvalue weighted by Crippen LogP contribution is -2.43. The summed E-state index contributed by atoms with van der Waals surface area (Å²) < 4.78 is 1.97. The Morgan fingerprint density at radius 1 is 1.21 bits per heavy atom. The van der Waals surface area contributed by atoms with Gasteiger partial charge in [0.25, 0.3) is 0 Å². The lowest BCUT2D eigenvalue weighted by Gasteiger charge is -2.31. The number of nitrogens with one attached hydrogen (secondary N) is 1. The van der Waals surface area contributed by atoms with Gasteiger partial charge >= 0.3 is 0 Å². The summed E-state index contributed by atoms with van der Waals surface area (Å²) >= 11 is 1.57. The van der Waals surface area contributed by atoms with E-state index in [0.717, 1.165) is 68.8 Å². The molecule has 1 amide bonds. The molecule has 7 nitrogen and oxygen atoms in total. The molecule has 0 radical (unpaired) electrons. The standard InChI is InChI=1S/C21H34N6OS/c1-3-5-12-25(4-2)13-9-11-22-19(28)18-10-8-16-27(17-18)21-24-23-20(29-21)26-14-6-7-15-26/h6-7,14-15,18H,3-5,8-13,16-17H2,1-2H3,(H,22,28)/t18-/m0/s1. The fraction of sp³-hybridized carbons (Fsp3) is 0.667. The van der Waals surface area contributed by atoms with Crippen molar-refractivity contribution in [2.45, 2.75) is 46.0 Å². The van der Waals surface area contributed by atoms with E-state index < -0.39 is 0 Å². The molecule has 0 aliphatic carbocycles. The van der Waals surface area contributed by atoms with Gasteiger partial charge in [0.2, 0.25) is 16.2 Å². The maximum atomic E-state index is 12.7. The number of aromatic nitrogens is 3. The van der Waals surface area contributed by atoms with Crippen molar-refractivity contribution < 1.29 is 4.79 Å². The zero-order valence-electron chi connectivity index (χ0n) is 17.7. The van der Waals surface area contributed by atoms with Gasteiger partial charge in [0, 0.05) is 32.0 Å². The molecule has 1 fully saturated rings. The molecule has 160 valence electrons. The first-order valence-electron chi connectivity index (χ1n) is 10.9. The monoisotopic (exact) mass is 418 g/mol. The van der Waals surface area contributed by atoms with Crippen LogP contribution in [-0.2, 0) is 4.79 Å². The molecule has 0 aromatic carbocycles. The van der Waals surface area contributed by atoms with Crippen LogP contribution in [-0.4, -0.2) is 64.8 Å².